The molecule has 0 fully saturated rings. The van der Waals surface area contributed by atoms with Gasteiger partial charge < -0.3 is 0 Å². The first-order valence-corrected chi connectivity index (χ1v) is 10.0. The van der Waals surface area contributed by atoms with Crippen molar-refractivity contribution >= 4 is 64.9 Å². The molecule has 0 amide bonds. The second-order valence-corrected chi connectivity index (χ2v) is 9.21. The standard InChI is InChI=1S/C14H10Br2Cl2O2S/c15-11-3-1-9(13(17)5-11)7-21(19,20)8-10-2-4-12(16)6-14(10)18/h1-6H,7-8H2. The van der Waals surface area contributed by atoms with Crippen molar-refractivity contribution in [2.24, 2.45) is 0 Å². The van der Waals surface area contributed by atoms with Crippen molar-refractivity contribution in [1.82, 2.24) is 0 Å². The van der Waals surface area contributed by atoms with Crippen molar-refractivity contribution in [2.45, 2.75) is 11.5 Å². The third-order valence-electron chi connectivity index (χ3n) is 2.78. The van der Waals surface area contributed by atoms with Crippen molar-refractivity contribution in [3.05, 3.63) is 66.5 Å². The number of benzene rings is 2. The molecule has 0 aliphatic heterocycles. The Hall–Kier alpha value is -0.0700. The van der Waals surface area contributed by atoms with Gasteiger partial charge in [0.05, 0.1) is 11.5 Å². The second-order valence-electron chi connectivity index (χ2n) is 4.50. The molecule has 0 aliphatic carbocycles. The van der Waals surface area contributed by atoms with E-state index in [4.69, 9.17) is 23.2 Å². The SMILES string of the molecule is O=S(=O)(Cc1ccc(Br)cc1Cl)Cc1ccc(Br)cc1Cl. The van der Waals surface area contributed by atoms with Crippen molar-refractivity contribution in [3.63, 3.8) is 0 Å². The molecule has 0 saturated heterocycles. The highest BCUT2D eigenvalue weighted by atomic mass is 79.9. The number of hydrogen-bond donors (Lipinski definition) is 0. The van der Waals surface area contributed by atoms with Gasteiger partial charge in [0.1, 0.15) is 0 Å². The minimum absolute atomic E-state index is 0.120. The molecule has 2 rings (SSSR count). The zero-order valence-electron chi connectivity index (χ0n) is 10.6. The van der Waals surface area contributed by atoms with Crippen LogP contribution in [0.5, 0.6) is 0 Å². The third-order valence-corrected chi connectivity index (χ3v) is 5.97. The van der Waals surface area contributed by atoms with Crippen LogP contribution in [0, 0.1) is 0 Å². The van der Waals surface area contributed by atoms with Gasteiger partial charge in [-0.05, 0) is 35.4 Å². The summed E-state index contributed by atoms with van der Waals surface area (Å²) in [6.07, 6.45) is 0. The number of rotatable bonds is 4. The molecule has 112 valence electrons. The highest BCUT2D eigenvalue weighted by Crippen LogP contribution is 2.27. The van der Waals surface area contributed by atoms with Crippen LogP contribution < -0.4 is 0 Å². The molecule has 2 aromatic carbocycles. The zero-order valence-corrected chi connectivity index (χ0v) is 16.1. The Balaban J connectivity index is 2.22. The minimum atomic E-state index is -3.36. The monoisotopic (exact) mass is 470 g/mol. The van der Waals surface area contributed by atoms with Crippen molar-refractivity contribution < 1.29 is 8.42 Å². The van der Waals surface area contributed by atoms with E-state index in [0.29, 0.717) is 21.2 Å². The molecule has 0 heterocycles. The fraction of sp³-hybridized carbons (Fsp3) is 0.143. The Morgan fingerprint density at radius 3 is 1.52 bits per heavy atom. The van der Waals surface area contributed by atoms with Crippen molar-refractivity contribution in [2.75, 3.05) is 0 Å². The van der Waals surface area contributed by atoms with Gasteiger partial charge in [0, 0.05) is 19.0 Å². The van der Waals surface area contributed by atoms with Gasteiger partial charge in [-0.3, -0.25) is 0 Å². The van der Waals surface area contributed by atoms with E-state index >= 15 is 0 Å². The summed E-state index contributed by atoms with van der Waals surface area (Å²) in [5.74, 6) is -0.239. The second kappa shape index (κ2) is 7.01. The number of halogens is 4. The maximum absolute atomic E-state index is 12.3. The predicted molar refractivity (Wildman–Crippen MR) is 94.6 cm³/mol. The molecular formula is C14H10Br2Cl2O2S. The fourth-order valence-electron chi connectivity index (χ4n) is 1.80. The van der Waals surface area contributed by atoms with Crippen LogP contribution in [0.15, 0.2) is 45.3 Å². The van der Waals surface area contributed by atoms with E-state index in [9.17, 15) is 8.42 Å². The lowest BCUT2D eigenvalue weighted by atomic mass is 10.2. The highest BCUT2D eigenvalue weighted by Gasteiger charge is 2.17. The first-order chi connectivity index (χ1) is 9.77. The minimum Gasteiger partial charge on any atom is -0.228 e. The van der Waals surface area contributed by atoms with Crippen molar-refractivity contribution in [1.29, 1.82) is 0 Å². The van der Waals surface area contributed by atoms with Gasteiger partial charge in [0.2, 0.25) is 0 Å². The van der Waals surface area contributed by atoms with Crippen LogP contribution in [0.25, 0.3) is 0 Å². The predicted octanol–water partition coefficient (Wildman–Crippen LogP) is 5.63. The summed E-state index contributed by atoms with van der Waals surface area (Å²) < 4.78 is 26.2. The molecule has 0 atom stereocenters. The highest BCUT2D eigenvalue weighted by molar-refractivity contribution is 9.10. The van der Waals surface area contributed by atoms with Gasteiger partial charge >= 0.3 is 0 Å². The summed E-state index contributed by atoms with van der Waals surface area (Å²) in [5, 5.41) is 0.852. The summed E-state index contributed by atoms with van der Waals surface area (Å²) >= 11 is 18.7. The first kappa shape index (κ1) is 17.3. The summed E-state index contributed by atoms with van der Waals surface area (Å²) in [6, 6.07) is 10.3. The van der Waals surface area contributed by atoms with E-state index in [2.05, 4.69) is 31.9 Å². The topological polar surface area (TPSA) is 34.1 Å². The van der Waals surface area contributed by atoms with Crippen LogP contribution >= 0.6 is 55.1 Å². The fourth-order valence-corrected chi connectivity index (χ4v) is 4.99. The van der Waals surface area contributed by atoms with Crippen LogP contribution in [0.3, 0.4) is 0 Å². The quantitative estimate of drug-likeness (QED) is 0.577. The smallest absolute Gasteiger partial charge is 0.158 e. The van der Waals surface area contributed by atoms with E-state index in [1.807, 2.05) is 0 Å². The lowest BCUT2D eigenvalue weighted by molar-refractivity contribution is 0.594. The Kier molecular flexibility index (Phi) is 5.77. The Bertz CT molecular complexity index is 717. The third kappa shape index (κ3) is 4.96. The molecular weight excluding hydrogens is 463 g/mol. The lowest BCUT2D eigenvalue weighted by Gasteiger charge is -2.08. The normalized spacial score (nSPS) is 11.6. The van der Waals surface area contributed by atoms with Gasteiger partial charge in [0.25, 0.3) is 0 Å². The van der Waals surface area contributed by atoms with E-state index in [0.717, 1.165) is 8.95 Å². The lowest BCUT2D eigenvalue weighted by Crippen LogP contribution is -2.08. The molecule has 0 radical (unpaired) electrons. The van der Waals surface area contributed by atoms with Crippen LogP contribution in [-0.2, 0) is 21.3 Å². The molecule has 21 heavy (non-hydrogen) atoms. The van der Waals surface area contributed by atoms with Crippen LogP contribution in [0.4, 0.5) is 0 Å². The molecule has 2 nitrogen and oxygen atoms in total. The molecule has 0 saturated carbocycles. The van der Waals surface area contributed by atoms with Crippen LogP contribution in [0.2, 0.25) is 10.0 Å². The Labute approximate surface area is 150 Å². The maximum Gasteiger partial charge on any atom is 0.158 e. The zero-order chi connectivity index (χ0) is 15.6. The molecule has 0 N–H and O–H groups in total. The number of sulfone groups is 1. The largest absolute Gasteiger partial charge is 0.228 e. The van der Waals surface area contributed by atoms with E-state index in [1.54, 1.807) is 36.4 Å². The van der Waals surface area contributed by atoms with Gasteiger partial charge in [0.15, 0.2) is 9.84 Å². The average Bonchev–Trinajstić information content (AvgIpc) is 2.36. The molecule has 0 bridgehead atoms. The van der Waals surface area contributed by atoms with Gasteiger partial charge in [-0.1, -0.05) is 67.2 Å². The maximum atomic E-state index is 12.3. The van der Waals surface area contributed by atoms with Gasteiger partial charge in [-0.15, -0.1) is 0 Å². The van der Waals surface area contributed by atoms with Gasteiger partial charge in [-0.2, -0.15) is 0 Å². The first-order valence-electron chi connectivity index (χ1n) is 5.85. The van der Waals surface area contributed by atoms with E-state index in [1.165, 1.54) is 0 Å². The van der Waals surface area contributed by atoms with E-state index < -0.39 is 9.84 Å². The van der Waals surface area contributed by atoms with Gasteiger partial charge in [-0.25, -0.2) is 8.42 Å². The Morgan fingerprint density at radius 2 is 1.19 bits per heavy atom. The average molecular weight is 473 g/mol. The van der Waals surface area contributed by atoms with Crippen molar-refractivity contribution in [3.8, 4) is 0 Å². The molecule has 0 unspecified atom stereocenters. The van der Waals surface area contributed by atoms with Crippen LogP contribution in [-0.4, -0.2) is 8.42 Å². The summed E-state index contributed by atoms with van der Waals surface area (Å²) in [5.41, 5.74) is 1.15. The number of hydrogen-bond acceptors (Lipinski definition) is 2. The van der Waals surface area contributed by atoms with Crippen LogP contribution in [0.1, 0.15) is 11.1 Å². The summed E-state index contributed by atoms with van der Waals surface area (Å²) in [7, 11) is -3.36. The molecule has 2 aromatic rings. The molecule has 0 aliphatic rings. The van der Waals surface area contributed by atoms with E-state index in [-0.39, 0.29) is 11.5 Å². The summed E-state index contributed by atoms with van der Waals surface area (Å²) in [4.78, 5) is 0. The molecule has 0 spiro atoms. The molecule has 7 heteroatoms. The summed E-state index contributed by atoms with van der Waals surface area (Å²) in [6.45, 7) is 0. The Morgan fingerprint density at radius 1 is 0.810 bits per heavy atom. The molecule has 0 aromatic heterocycles.